The number of carboxylic acids is 1. The van der Waals surface area contributed by atoms with Gasteiger partial charge in [0.15, 0.2) is 0 Å². The van der Waals surface area contributed by atoms with Crippen molar-refractivity contribution >= 4 is 37.6 Å². The molecule has 1 N–H and O–H groups in total. The molecule has 4 nitrogen and oxygen atoms in total. The van der Waals surface area contributed by atoms with E-state index in [0.29, 0.717) is 5.82 Å². The number of carboxylic acid groups (broad SMARTS) is 1. The molecule has 0 saturated heterocycles. The number of carbonyl (C=O) groups is 1. The van der Waals surface area contributed by atoms with E-state index in [1.54, 1.807) is 24.5 Å². The minimum atomic E-state index is -0.907. The second-order valence-corrected chi connectivity index (χ2v) is 5.14. The summed E-state index contributed by atoms with van der Waals surface area (Å²) in [6, 6.07) is 8.01. The van der Waals surface area contributed by atoms with E-state index < -0.39 is 11.9 Å². The molecule has 1 atom stereocenters. The summed E-state index contributed by atoms with van der Waals surface area (Å²) in [5, 5.41) is 11.1. The van der Waals surface area contributed by atoms with Gasteiger partial charge in [0.1, 0.15) is 16.6 Å². The number of aliphatic carboxylic acids is 1. The molecular weight excluding hydrogens is 248 g/mol. The summed E-state index contributed by atoms with van der Waals surface area (Å²) in [5.74, 6) is -1.23. The van der Waals surface area contributed by atoms with Crippen LogP contribution in [0.5, 0.6) is 0 Å². The Balaban J connectivity index is 2.24. The molecule has 2 heterocycles. The van der Waals surface area contributed by atoms with Gasteiger partial charge in [-0.25, -0.2) is 9.97 Å². The maximum absolute atomic E-state index is 10.9. The first kappa shape index (κ1) is 11.1. The average molecular weight is 258 g/mol. The maximum Gasteiger partial charge on any atom is 0.313 e. The van der Waals surface area contributed by atoms with Crippen molar-refractivity contribution in [2.24, 2.45) is 0 Å². The zero-order valence-corrected chi connectivity index (χ0v) is 10.4. The Hall–Kier alpha value is -2.01. The molecule has 5 heteroatoms. The summed E-state index contributed by atoms with van der Waals surface area (Å²) in [7, 11) is 0. The Kier molecular flexibility index (Phi) is 2.48. The summed E-state index contributed by atoms with van der Waals surface area (Å²) in [4.78, 5) is 20.3. The van der Waals surface area contributed by atoms with Crippen molar-refractivity contribution in [2.75, 3.05) is 0 Å². The van der Waals surface area contributed by atoms with Crippen molar-refractivity contribution in [3.63, 3.8) is 0 Å². The average Bonchev–Trinajstić information content (AvgIpc) is 2.75. The predicted octanol–water partition coefficient (Wildman–Crippen LogP) is 3.03. The van der Waals surface area contributed by atoms with Crippen molar-refractivity contribution in [3.8, 4) is 0 Å². The third kappa shape index (κ3) is 1.64. The molecule has 0 aliphatic carbocycles. The van der Waals surface area contributed by atoms with Gasteiger partial charge >= 0.3 is 5.97 Å². The Bertz CT molecular complexity index is 751. The Morgan fingerprint density at radius 3 is 2.89 bits per heavy atom. The summed E-state index contributed by atoms with van der Waals surface area (Å²) in [6.45, 7) is 1.59. The highest BCUT2D eigenvalue weighted by Crippen LogP contribution is 2.32. The molecule has 1 aromatic carbocycles. The molecule has 0 spiro atoms. The summed E-state index contributed by atoms with van der Waals surface area (Å²) in [6.07, 6.45) is 1.72. The molecule has 0 radical (unpaired) electrons. The maximum atomic E-state index is 10.9. The topological polar surface area (TPSA) is 63.1 Å². The zero-order valence-electron chi connectivity index (χ0n) is 9.62. The molecule has 3 rings (SSSR count). The lowest BCUT2D eigenvalue weighted by Crippen LogP contribution is -2.10. The number of fused-ring (bicyclic) bond motifs is 3. The van der Waals surface area contributed by atoms with Crippen LogP contribution in [0.25, 0.3) is 20.3 Å². The summed E-state index contributed by atoms with van der Waals surface area (Å²) in [5.41, 5.74) is 0. The summed E-state index contributed by atoms with van der Waals surface area (Å²) >= 11 is 1.56. The fourth-order valence-electron chi connectivity index (χ4n) is 1.84. The lowest BCUT2D eigenvalue weighted by molar-refractivity contribution is -0.138. The fourth-order valence-corrected chi connectivity index (χ4v) is 2.90. The summed E-state index contributed by atoms with van der Waals surface area (Å²) < 4.78 is 1.14. The van der Waals surface area contributed by atoms with Crippen LogP contribution in [0.15, 0.2) is 30.5 Å². The number of nitrogens with zero attached hydrogens (tertiary/aromatic N) is 2. The Morgan fingerprint density at radius 1 is 1.33 bits per heavy atom. The van der Waals surface area contributed by atoms with Crippen LogP contribution < -0.4 is 0 Å². The second kappa shape index (κ2) is 4.03. The number of hydrogen-bond donors (Lipinski definition) is 1. The predicted molar refractivity (Wildman–Crippen MR) is 71.0 cm³/mol. The monoisotopic (exact) mass is 258 g/mol. The fraction of sp³-hybridized carbons (Fsp3) is 0.154. The lowest BCUT2D eigenvalue weighted by atomic mass is 10.1. The van der Waals surface area contributed by atoms with E-state index in [9.17, 15) is 4.79 Å². The van der Waals surface area contributed by atoms with Gasteiger partial charge in [-0.15, -0.1) is 11.3 Å². The van der Waals surface area contributed by atoms with Crippen molar-refractivity contribution in [1.29, 1.82) is 0 Å². The first-order valence-corrected chi connectivity index (χ1v) is 6.35. The number of rotatable bonds is 2. The number of benzene rings is 1. The van der Waals surface area contributed by atoms with Crippen LogP contribution in [0.3, 0.4) is 0 Å². The molecule has 0 amide bonds. The SMILES string of the molecule is CC(C(=O)O)c1ncc2c(n1)sc1ccccc12. The van der Waals surface area contributed by atoms with E-state index in [1.165, 1.54) is 0 Å². The van der Waals surface area contributed by atoms with E-state index in [2.05, 4.69) is 9.97 Å². The van der Waals surface area contributed by atoms with Gasteiger partial charge in [0.05, 0.1) is 0 Å². The first-order valence-electron chi connectivity index (χ1n) is 5.54. The normalized spacial score (nSPS) is 12.9. The van der Waals surface area contributed by atoms with Crippen LogP contribution in [0.4, 0.5) is 0 Å². The van der Waals surface area contributed by atoms with Gasteiger partial charge in [0.2, 0.25) is 0 Å². The van der Waals surface area contributed by atoms with E-state index in [1.807, 2.05) is 24.3 Å². The van der Waals surface area contributed by atoms with Crippen LogP contribution in [-0.4, -0.2) is 21.0 Å². The van der Waals surface area contributed by atoms with Crippen LogP contribution in [-0.2, 0) is 4.79 Å². The van der Waals surface area contributed by atoms with Gasteiger partial charge < -0.3 is 5.11 Å². The molecular formula is C13H10N2O2S. The smallest absolute Gasteiger partial charge is 0.313 e. The molecule has 0 aliphatic rings. The molecule has 2 aromatic heterocycles. The number of thiophene rings is 1. The first-order chi connectivity index (χ1) is 8.66. The third-order valence-corrected chi connectivity index (χ3v) is 3.99. The molecule has 0 bridgehead atoms. The minimum absolute atomic E-state index is 0.363. The van der Waals surface area contributed by atoms with E-state index in [0.717, 1.165) is 20.3 Å². The second-order valence-electron chi connectivity index (χ2n) is 4.11. The van der Waals surface area contributed by atoms with Crippen molar-refractivity contribution in [3.05, 3.63) is 36.3 Å². The van der Waals surface area contributed by atoms with Crippen LogP contribution in [0.1, 0.15) is 18.7 Å². The molecule has 0 fully saturated rings. The molecule has 0 aliphatic heterocycles. The van der Waals surface area contributed by atoms with Crippen LogP contribution in [0.2, 0.25) is 0 Å². The largest absolute Gasteiger partial charge is 0.481 e. The van der Waals surface area contributed by atoms with Crippen LogP contribution >= 0.6 is 11.3 Å². The van der Waals surface area contributed by atoms with Crippen molar-refractivity contribution in [2.45, 2.75) is 12.8 Å². The number of aromatic nitrogens is 2. The van der Waals surface area contributed by atoms with Gasteiger partial charge in [-0.2, -0.15) is 0 Å². The van der Waals surface area contributed by atoms with Gasteiger partial charge in [-0.3, -0.25) is 4.79 Å². The van der Waals surface area contributed by atoms with E-state index in [4.69, 9.17) is 5.11 Å². The van der Waals surface area contributed by atoms with Crippen molar-refractivity contribution in [1.82, 2.24) is 9.97 Å². The molecule has 3 aromatic rings. The molecule has 0 saturated carbocycles. The van der Waals surface area contributed by atoms with Crippen LogP contribution in [0, 0.1) is 0 Å². The van der Waals surface area contributed by atoms with Crippen molar-refractivity contribution < 1.29 is 9.90 Å². The highest BCUT2D eigenvalue weighted by Gasteiger charge is 2.18. The lowest BCUT2D eigenvalue weighted by Gasteiger charge is -2.03. The third-order valence-electron chi connectivity index (χ3n) is 2.91. The molecule has 90 valence electrons. The van der Waals surface area contributed by atoms with Gasteiger partial charge in [-0.1, -0.05) is 18.2 Å². The zero-order chi connectivity index (χ0) is 12.7. The highest BCUT2D eigenvalue weighted by molar-refractivity contribution is 7.25. The van der Waals surface area contributed by atoms with Gasteiger partial charge in [-0.05, 0) is 13.0 Å². The quantitative estimate of drug-likeness (QED) is 0.767. The van der Waals surface area contributed by atoms with Gasteiger partial charge in [0, 0.05) is 21.7 Å². The van der Waals surface area contributed by atoms with Gasteiger partial charge in [0.25, 0.3) is 0 Å². The minimum Gasteiger partial charge on any atom is -0.481 e. The standard InChI is InChI=1S/C13H10N2O2S/c1-7(13(16)17)11-14-6-9-8-4-2-3-5-10(8)18-12(9)15-11/h2-7H,1H3,(H,16,17). The molecule has 18 heavy (non-hydrogen) atoms. The number of hydrogen-bond acceptors (Lipinski definition) is 4. The highest BCUT2D eigenvalue weighted by atomic mass is 32.1. The molecule has 1 unspecified atom stereocenters. The Morgan fingerprint density at radius 2 is 2.11 bits per heavy atom. The van der Waals surface area contributed by atoms with E-state index >= 15 is 0 Å². The van der Waals surface area contributed by atoms with E-state index in [-0.39, 0.29) is 0 Å². The Labute approximate surface area is 107 Å².